The molecule has 0 aliphatic rings. The lowest BCUT2D eigenvalue weighted by atomic mass is 10.2. The van der Waals surface area contributed by atoms with Crippen LogP contribution < -0.4 is 4.90 Å². The molecule has 2 rings (SSSR count). The number of hydrogen-bond acceptors (Lipinski definition) is 6. The van der Waals surface area contributed by atoms with Crippen LogP contribution in [0.2, 0.25) is 0 Å². The van der Waals surface area contributed by atoms with Gasteiger partial charge < -0.3 is 19.3 Å². The largest absolute Gasteiger partial charge is 0.383 e. The maximum absolute atomic E-state index is 12.6. The van der Waals surface area contributed by atoms with Crippen LogP contribution in [0.25, 0.3) is 10.9 Å². The summed E-state index contributed by atoms with van der Waals surface area (Å²) in [5, 5.41) is 0.927. The van der Waals surface area contributed by atoms with Crippen molar-refractivity contribution in [1.29, 1.82) is 0 Å². The molecule has 0 bridgehead atoms. The summed E-state index contributed by atoms with van der Waals surface area (Å²) in [5.41, 5.74) is 0.859. The molecule has 0 saturated carbocycles. The summed E-state index contributed by atoms with van der Waals surface area (Å²) in [6.45, 7) is 2.30. The lowest BCUT2D eigenvalue weighted by Gasteiger charge is -2.26. The molecule has 24 heavy (non-hydrogen) atoms. The van der Waals surface area contributed by atoms with Crippen LogP contribution in [-0.4, -0.2) is 74.9 Å². The molecule has 0 aliphatic heterocycles. The van der Waals surface area contributed by atoms with Gasteiger partial charge in [-0.15, -0.1) is 0 Å². The molecule has 1 aromatic heterocycles. The highest BCUT2D eigenvalue weighted by Crippen LogP contribution is 2.21. The molecule has 0 atom stereocenters. The zero-order valence-corrected chi connectivity index (χ0v) is 14.4. The summed E-state index contributed by atoms with van der Waals surface area (Å²) < 4.78 is 10.2. The lowest BCUT2D eigenvalue weighted by Crippen LogP contribution is -2.42. The summed E-state index contributed by atoms with van der Waals surface area (Å²) in [6, 6.07) is 7.76. The fraction of sp³-hybridized carbons (Fsp3) is 0.471. The van der Waals surface area contributed by atoms with Crippen molar-refractivity contribution in [2.45, 2.75) is 0 Å². The van der Waals surface area contributed by atoms with Gasteiger partial charge in [0.1, 0.15) is 12.1 Å². The molecule has 7 heteroatoms. The number of amides is 1. The van der Waals surface area contributed by atoms with E-state index in [9.17, 15) is 4.79 Å². The Balaban J connectivity index is 2.10. The van der Waals surface area contributed by atoms with Crippen molar-refractivity contribution < 1.29 is 14.3 Å². The normalized spacial score (nSPS) is 10.8. The van der Waals surface area contributed by atoms with Gasteiger partial charge in [0, 0.05) is 39.7 Å². The van der Waals surface area contributed by atoms with Crippen LogP contribution in [0.1, 0.15) is 0 Å². The van der Waals surface area contributed by atoms with E-state index in [2.05, 4.69) is 9.97 Å². The van der Waals surface area contributed by atoms with Crippen LogP contribution in [0.5, 0.6) is 0 Å². The zero-order valence-electron chi connectivity index (χ0n) is 14.4. The standard InChI is InChI=1S/C17H24N4O3/c1-20(12-16(22)21(8-10-23-2)9-11-24-3)17-14-6-4-5-7-15(14)18-13-19-17/h4-7,13H,8-12H2,1-3H3. The Bertz CT molecular complexity index is 652. The van der Waals surface area contributed by atoms with Crippen LogP contribution in [0.4, 0.5) is 5.82 Å². The third kappa shape index (κ3) is 4.62. The highest BCUT2D eigenvalue weighted by atomic mass is 16.5. The molecule has 130 valence electrons. The molecule has 0 unspecified atom stereocenters. The minimum absolute atomic E-state index is 0.00860. The van der Waals surface area contributed by atoms with E-state index in [0.29, 0.717) is 26.3 Å². The third-order valence-corrected chi connectivity index (χ3v) is 3.74. The predicted molar refractivity (Wildman–Crippen MR) is 93.1 cm³/mol. The van der Waals surface area contributed by atoms with Crippen molar-refractivity contribution in [1.82, 2.24) is 14.9 Å². The molecule has 1 heterocycles. The van der Waals surface area contributed by atoms with Crippen LogP contribution in [0, 0.1) is 0 Å². The van der Waals surface area contributed by atoms with E-state index in [1.807, 2.05) is 36.2 Å². The number of likely N-dealkylation sites (N-methyl/N-ethyl adjacent to an activating group) is 1. The van der Waals surface area contributed by atoms with Crippen LogP contribution in [0.3, 0.4) is 0 Å². The summed E-state index contributed by atoms with van der Waals surface area (Å²) in [4.78, 5) is 24.8. The lowest BCUT2D eigenvalue weighted by molar-refractivity contribution is -0.131. The maximum atomic E-state index is 12.6. The highest BCUT2D eigenvalue weighted by molar-refractivity contribution is 5.91. The molecular weight excluding hydrogens is 308 g/mol. The maximum Gasteiger partial charge on any atom is 0.242 e. The Morgan fingerprint density at radius 3 is 2.42 bits per heavy atom. The second-order valence-electron chi connectivity index (χ2n) is 5.44. The Kier molecular flexibility index (Phi) is 6.89. The van der Waals surface area contributed by atoms with Crippen molar-refractivity contribution in [3.63, 3.8) is 0 Å². The van der Waals surface area contributed by atoms with Crippen molar-refractivity contribution in [2.75, 3.05) is 59.0 Å². The van der Waals surface area contributed by atoms with E-state index in [4.69, 9.17) is 9.47 Å². The van der Waals surface area contributed by atoms with E-state index < -0.39 is 0 Å². The van der Waals surface area contributed by atoms with Crippen LogP contribution in [0.15, 0.2) is 30.6 Å². The van der Waals surface area contributed by atoms with Gasteiger partial charge in [-0.1, -0.05) is 12.1 Å². The second-order valence-corrected chi connectivity index (χ2v) is 5.44. The van der Waals surface area contributed by atoms with E-state index in [1.54, 1.807) is 19.1 Å². The molecule has 1 amide bonds. The van der Waals surface area contributed by atoms with Crippen LogP contribution >= 0.6 is 0 Å². The Labute approximate surface area is 142 Å². The molecule has 7 nitrogen and oxygen atoms in total. The quantitative estimate of drug-likeness (QED) is 0.687. The smallest absolute Gasteiger partial charge is 0.242 e. The van der Waals surface area contributed by atoms with E-state index in [0.717, 1.165) is 16.7 Å². The number of rotatable bonds is 9. The van der Waals surface area contributed by atoms with Gasteiger partial charge in [-0.05, 0) is 12.1 Å². The van der Waals surface area contributed by atoms with Crippen LogP contribution in [-0.2, 0) is 14.3 Å². The number of methoxy groups -OCH3 is 2. The Morgan fingerprint density at radius 2 is 1.75 bits per heavy atom. The molecule has 2 aromatic rings. The first-order valence-electron chi connectivity index (χ1n) is 7.84. The summed E-state index contributed by atoms with van der Waals surface area (Å²) in [7, 11) is 5.10. The highest BCUT2D eigenvalue weighted by Gasteiger charge is 2.17. The molecule has 0 fully saturated rings. The van der Waals surface area contributed by atoms with Gasteiger partial charge >= 0.3 is 0 Å². The molecule has 0 saturated heterocycles. The number of nitrogens with zero attached hydrogens (tertiary/aromatic N) is 4. The van der Waals surface area contributed by atoms with Crippen molar-refractivity contribution in [3.8, 4) is 0 Å². The van der Waals surface area contributed by atoms with Gasteiger partial charge in [0.15, 0.2) is 0 Å². The number of carbonyl (C=O) groups is 1. The zero-order chi connectivity index (χ0) is 17.4. The monoisotopic (exact) mass is 332 g/mol. The van der Waals surface area contributed by atoms with Gasteiger partial charge in [-0.3, -0.25) is 4.79 Å². The molecule has 1 aromatic carbocycles. The van der Waals surface area contributed by atoms with Crippen molar-refractivity contribution in [2.24, 2.45) is 0 Å². The van der Waals surface area contributed by atoms with Crippen molar-refractivity contribution in [3.05, 3.63) is 30.6 Å². The molecule has 0 radical (unpaired) electrons. The number of aromatic nitrogens is 2. The van der Waals surface area contributed by atoms with E-state index in [-0.39, 0.29) is 12.5 Å². The third-order valence-electron chi connectivity index (χ3n) is 3.74. The van der Waals surface area contributed by atoms with Crippen molar-refractivity contribution >= 4 is 22.6 Å². The minimum atomic E-state index is 0.00860. The number of ether oxygens (including phenoxy) is 2. The summed E-state index contributed by atoms with van der Waals surface area (Å²) >= 11 is 0. The number of fused-ring (bicyclic) bond motifs is 1. The SMILES string of the molecule is COCCN(CCOC)C(=O)CN(C)c1ncnc2ccccc12. The van der Waals surface area contributed by atoms with Gasteiger partial charge in [0.05, 0.1) is 25.3 Å². The number of hydrogen-bond donors (Lipinski definition) is 0. The number of para-hydroxylation sites is 1. The first kappa shape index (κ1) is 18.1. The summed E-state index contributed by atoms with van der Waals surface area (Å²) in [5.74, 6) is 0.752. The first-order chi connectivity index (χ1) is 11.7. The topological polar surface area (TPSA) is 67.8 Å². The Hall–Kier alpha value is -2.25. The number of carbonyl (C=O) groups excluding carboxylic acids is 1. The molecular formula is C17H24N4O3. The molecule has 0 aliphatic carbocycles. The number of benzene rings is 1. The average molecular weight is 332 g/mol. The summed E-state index contributed by atoms with van der Waals surface area (Å²) in [6.07, 6.45) is 1.52. The van der Waals surface area contributed by atoms with Gasteiger partial charge in [-0.2, -0.15) is 0 Å². The average Bonchev–Trinajstić information content (AvgIpc) is 2.61. The predicted octanol–water partition coefficient (Wildman–Crippen LogP) is 1.19. The second kappa shape index (κ2) is 9.14. The number of anilines is 1. The fourth-order valence-electron chi connectivity index (χ4n) is 2.44. The molecule has 0 N–H and O–H groups in total. The Morgan fingerprint density at radius 1 is 1.08 bits per heavy atom. The van der Waals surface area contributed by atoms with E-state index >= 15 is 0 Å². The van der Waals surface area contributed by atoms with E-state index in [1.165, 1.54) is 6.33 Å². The fourth-order valence-corrected chi connectivity index (χ4v) is 2.44. The minimum Gasteiger partial charge on any atom is -0.383 e. The van der Waals surface area contributed by atoms with Gasteiger partial charge in [-0.25, -0.2) is 9.97 Å². The van der Waals surface area contributed by atoms with Gasteiger partial charge in [0.25, 0.3) is 0 Å². The molecule has 0 spiro atoms. The first-order valence-corrected chi connectivity index (χ1v) is 7.84. The van der Waals surface area contributed by atoms with Gasteiger partial charge in [0.2, 0.25) is 5.91 Å².